The smallest absolute Gasteiger partial charge is 0.121 e. The summed E-state index contributed by atoms with van der Waals surface area (Å²) in [5, 5.41) is 13.2. The van der Waals surface area contributed by atoms with Crippen molar-refractivity contribution in [2.24, 2.45) is 58.2 Å². The number of fused-ring (bicyclic) bond motifs is 4. The largest absolute Gasteiger partial charge is 0.379 e. The molecule has 4 fully saturated rings. The lowest BCUT2D eigenvalue weighted by atomic mass is 9.49. The molecule has 4 aliphatic rings. The Bertz CT molecular complexity index is 591. The van der Waals surface area contributed by atoms with Gasteiger partial charge in [-0.15, -0.1) is 11.8 Å². The highest BCUT2D eigenvalue weighted by molar-refractivity contribution is 8.02. The second-order valence-electron chi connectivity index (χ2n) is 11.3. The summed E-state index contributed by atoms with van der Waals surface area (Å²) < 4.78 is 0. The van der Waals surface area contributed by atoms with E-state index in [1.165, 1.54) is 25.7 Å². The molecule has 4 rings (SSSR count). The average Bonchev–Trinajstić information content (AvgIpc) is 2.85. The van der Waals surface area contributed by atoms with Crippen LogP contribution in [0.15, 0.2) is 0 Å². The van der Waals surface area contributed by atoms with E-state index in [0.29, 0.717) is 28.4 Å². The highest BCUT2D eigenvalue weighted by Gasteiger charge is 2.78. The van der Waals surface area contributed by atoms with E-state index < -0.39 is 4.93 Å². The van der Waals surface area contributed by atoms with Crippen molar-refractivity contribution in [1.82, 2.24) is 0 Å². The minimum absolute atomic E-state index is 0.0864. The van der Waals surface area contributed by atoms with Crippen molar-refractivity contribution in [3.63, 3.8) is 0 Å². The highest BCUT2D eigenvalue weighted by Crippen LogP contribution is 2.80. The first-order valence-corrected chi connectivity index (χ1v) is 12.9. The van der Waals surface area contributed by atoms with Crippen molar-refractivity contribution in [2.75, 3.05) is 0 Å². The number of hydrogen-bond donors (Lipinski definition) is 1. The van der Waals surface area contributed by atoms with Crippen molar-refractivity contribution < 1.29 is 5.11 Å². The minimum atomic E-state index is -0.502. The number of thioether (sulfide) groups is 1. The summed E-state index contributed by atoms with van der Waals surface area (Å²) in [6.45, 7) is 19.9. The van der Waals surface area contributed by atoms with Crippen molar-refractivity contribution in [3.05, 3.63) is 0 Å². The second-order valence-corrected chi connectivity index (χ2v) is 12.7. The summed E-state index contributed by atoms with van der Waals surface area (Å²) >= 11 is 2.03. The van der Waals surface area contributed by atoms with Gasteiger partial charge in [-0.1, -0.05) is 68.2 Å². The van der Waals surface area contributed by atoms with Gasteiger partial charge in [0.1, 0.15) is 4.93 Å². The van der Waals surface area contributed by atoms with Gasteiger partial charge in [-0.05, 0) is 66.1 Å². The number of aliphatic hydroxyl groups is 1. The van der Waals surface area contributed by atoms with Gasteiger partial charge in [-0.25, -0.2) is 0 Å². The van der Waals surface area contributed by atoms with Crippen LogP contribution >= 0.6 is 11.8 Å². The zero-order valence-corrected chi connectivity index (χ0v) is 19.9. The van der Waals surface area contributed by atoms with E-state index in [4.69, 9.17) is 0 Å². The molecule has 4 bridgehead atoms. The fraction of sp³-hybridized carbons (Fsp3) is 1.00. The molecule has 156 valence electrons. The predicted molar refractivity (Wildman–Crippen MR) is 118 cm³/mol. The third-order valence-electron chi connectivity index (χ3n) is 11.2. The Hall–Kier alpha value is 0.310. The average molecular weight is 393 g/mol. The van der Waals surface area contributed by atoms with Crippen LogP contribution in [0.4, 0.5) is 0 Å². The summed E-state index contributed by atoms with van der Waals surface area (Å²) in [5.41, 5.74) is 0.400. The molecule has 0 aromatic rings. The first kappa shape index (κ1) is 20.6. The standard InChI is InChI=1S/C25H44OS/c1-9-12-24(11-3)17(7)18(10-2)20-15(5)14(4)16(6)23(8)13-19(20)21-22(23)25(24,26)27-21/h14-22,26H,9-13H2,1-8H3/t14?,15?,16?,17?,18?,19?,20?,21?,22?,23?,24?,25-/m1/s1. The van der Waals surface area contributed by atoms with E-state index in [-0.39, 0.29) is 5.41 Å². The van der Waals surface area contributed by atoms with Crippen LogP contribution < -0.4 is 0 Å². The molecule has 2 heteroatoms. The molecule has 1 nitrogen and oxygen atoms in total. The van der Waals surface area contributed by atoms with E-state index in [2.05, 4.69) is 55.4 Å². The zero-order valence-electron chi connectivity index (χ0n) is 19.1. The molecule has 2 heterocycles. The zero-order chi connectivity index (χ0) is 19.9. The molecule has 0 amide bonds. The predicted octanol–water partition coefficient (Wildman–Crippen LogP) is 6.84. The van der Waals surface area contributed by atoms with Gasteiger partial charge in [0, 0.05) is 16.6 Å². The fourth-order valence-electron chi connectivity index (χ4n) is 9.46. The Labute approximate surface area is 172 Å². The van der Waals surface area contributed by atoms with E-state index in [0.717, 1.165) is 36.0 Å². The Morgan fingerprint density at radius 1 is 1.00 bits per heavy atom. The topological polar surface area (TPSA) is 20.2 Å². The van der Waals surface area contributed by atoms with Gasteiger partial charge in [0.2, 0.25) is 0 Å². The van der Waals surface area contributed by atoms with Gasteiger partial charge >= 0.3 is 0 Å². The summed E-state index contributed by atoms with van der Waals surface area (Å²) in [7, 11) is 0. The van der Waals surface area contributed by atoms with Crippen LogP contribution in [-0.2, 0) is 0 Å². The van der Waals surface area contributed by atoms with Gasteiger partial charge < -0.3 is 5.11 Å². The summed E-state index contributed by atoms with van der Waals surface area (Å²) in [6, 6.07) is 0. The molecule has 0 radical (unpaired) electrons. The molecular weight excluding hydrogens is 348 g/mol. The van der Waals surface area contributed by atoms with Crippen molar-refractivity contribution in [3.8, 4) is 0 Å². The van der Waals surface area contributed by atoms with Crippen LogP contribution in [0.3, 0.4) is 0 Å². The Morgan fingerprint density at radius 2 is 1.67 bits per heavy atom. The normalized spacial score (nSPS) is 61.9. The maximum absolute atomic E-state index is 12.5. The lowest BCUT2D eigenvalue weighted by molar-refractivity contribution is -0.174. The molecular formula is C25H44OS. The van der Waals surface area contributed by atoms with E-state index in [1.54, 1.807) is 0 Å². The third kappa shape index (κ3) is 2.19. The summed E-state index contributed by atoms with van der Waals surface area (Å²) in [5.74, 6) is 5.86. The number of rotatable bonds is 4. The van der Waals surface area contributed by atoms with E-state index >= 15 is 0 Å². The van der Waals surface area contributed by atoms with Crippen molar-refractivity contribution in [2.45, 2.75) is 97.7 Å². The SMILES string of the molecule is CCCC1(CC)C(C)C(CC)C2C(C)C(C)C(C)C3(C)CC2C2S[C@]1(O)C23. The Kier molecular flexibility index (Phi) is 4.88. The second kappa shape index (κ2) is 6.40. The molecule has 2 aliphatic heterocycles. The molecule has 2 saturated carbocycles. The van der Waals surface area contributed by atoms with Crippen LogP contribution in [-0.4, -0.2) is 15.3 Å². The first-order valence-electron chi connectivity index (χ1n) is 12.0. The lowest BCUT2D eigenvalue weighted by Crippen LogP contribution is -2.70. The summed E-state index contributed by atoms with van der Waals surface area (Å²) in [4.78, 5) is -0.502. The molecule has 12 atom stereocenters. The summed E-state index contributed by atoms with van der Waals surface area (Å²) in [6.07, 6.45) is 6.18. The van der Waals surface area contributed by atoms with Crippen LogP contribution in [0.2, 0.25) is 0 Å². The molecule has 2 aliphatic carbocycles. The maximum Gasteiger partial charge on any atom is 0.121 e. The Balaban J connectivity index is 1.96. The molecule has 0 aromatic carbocycles. The van der Waals surface area contributed by atoms with Crippen molar-refractivity contribution >= 4 is 11.8 Å². The fourth-order valence-corrected chi connectivity index (χ4v) is 12.0. The molecule has 11 unspecified atom stereocenters. The third-order valence-corrected chi connectivity index (χ3v) is 13.1. The number of hydrogen-bond acceptors (Lipinski definition) is 2. The van der Waals surface area contributed by atoms with Gasteiger partial charge in [0.25, 0.3) is 0 Å². The first-order chi connectivity index (χ1) is 12.6. The van der Waals surface area contributed by atoms with Gasteiger partial charge in [0.05, 0.1) is 0 Å². The highest BCUT2D eigenvalue weighted by atomic mass is 32.2. The molecule has 27 heavy (non-hydrogen) atoms. The molecule has 2 saturated heterocycles. The molecule has 1 N–H and O–H groups in total. The van der Waals surface area contributed by atoms with Crippen LogP contribution in [0.25, 0.3) is 0 Å². The molecule has 0 spiro atoms. The Morgan fingerprint density at radius 3 is 2.22 bits per heavy atom. The van der Waals surface area contributed by atoms with Gasteiger partial charge in [-0.2, -0.15) is 0 Å². The van der Waals surface area contributed by atoms with Crippen molar-refractivity contribution in [1.29, 1.82) is 0 Å². The minimum Gasteiger partial charge on any atom is -0.379 e. The monoisotopic (exact) mass is 392 g/mol. The molecule has 0 aromatic heterocycles. The lowest BCUT2D eigenvalue weighted by Gasteiger charge is -2.69. The van der Waals surface area contributed by atoms with E-state index in [1.807, 2.05) is 11.8 Å². The van der Waals surface area contributed by atoms with Crippen LogP contribution in [0, 0.1) is 58.2 Å². The van der Waals surface area contributed by atoms with Crippen LogP contribution in [0.1, 0.15) is 87.5 Å². The van der Waals surface area contributed by atoms with Gasteiger partial charge in [0.15, 0.2) is 0 Å². The van der Waals surface area contributed by atoms with E-state index in [9.17, 15) is 5.11 Å². The van der Waals surface area contributed by atoms with Crippen LogP contribution in [0.5, 0.6) is 0 Å². The quantitative estimate of drug-likeness (QED) is 0.565. The van der Waals surface area contributed by atoms with Gasteiger partial charge in [-0.3, -0.25) is 0 Å². The maximum atomic E-state index is 12.5.